The fourth-order valence-corrected chi connectivity index (χ4v) is 1.02. The van der Waals surface area contributed by atoms with E-state index in [0.717, 1.165) is 12.2 Å². The summed E-state index contributed by atoms with van der Waals surface area (Å²) in [6, 6.07) is 0.226. The summed E-state index contributed by atoms with van der Waals surface area (Å²) in [7, 11) is 0. The molecule has 2 rings (SSSR count). The summed E-state index contributed by atoms with van der Waals surface area (Å²) >= 11 is 0. The lowest BCUT2D eigenvalue weighted by Crippen LogP contribution is -2.16. The Morgan fingerprint density at radius 1 is 1.45 bits per heavy atom. The number of hydrogen-bond acceptors (Lipinski definition) is 4. The third-order valence-electron chi connectivity index (χ3n) is 1.60. The normalized spacial score (nSPS) is 21.6. The van der Waals surface area contributed by atoms with Crippen LogP contribution in [0.25, 0.3) is 0 Å². The molecule has 0 aromatic carbocycles. The maximum atomic E-state index is 4.16. The Labute approximate surface area is 64.4 Å². The molecule has 1 atom stereocenters. The first kappa shape index (κ1) is 6.27. The van der Waals surface area contributed by atoms with Crippen LogP contribution in [0.15, 0.2) is 23.6 Å². The number of rotatable bonds is 1. The highest BCUT2D eigenvalue weighted by Crippen LogP contribution is 2.10. The Hall–Kier alpha value is -1.45. The van der Waals surface area contributed by atoms with Crippen molar-refractivity contribution in [3.63, 3.8) is 0 Å². The van der Waals surface area contributed by atoms with E-state index < -0.39 is 0 Å². The van der Waals surface area contributed by atoms with E-state index in [4.69, 9.17) is 0 Å². The fraction of sp³-hybridized carbons (Fsp3) is 0.286. The van der Waals surface area contributed by atoms with Crippen LogP contribution in [0.2, 0.25) is 0 Å². The summed E-state index contributed by atoms with van der Waals surface area (Å²) in [5.41, 5.74) is 0.949. The van der Waals surface area contributed by atoms with Gasteiger partial charge in [-0.3, -0.25) is 15.0 Å². The molecule has 0 amide bonds. The van der Waals surface area contributed by atoms with Gasteiger partial charge in [0.2, 0.25) is 0 Å². The van der Waals surface area contributed by atoms with Gasteiger partial charge in [0, 0.05) is 12.4 Å². The second-order valence-corrected chi connectivity index (χ2v) is 2.34. The Bertz CT molecular complexity index is 248. The van der Waals surface area contributed by atoms with Crippen LogP contribution in [0.4, 0.5) is 0 Å². The van der Waals surface area contributed by atoms with Crippen LogP contribution in [-0.4, -0.2) is 22.9 Å². The molecule has 1 aromatic rings. The van der Waals surface area contributed by atoms with Crippen LogP contribution in [0, 0.1) is 0 Å². The third-order valence-corrected chi connectivity index (χ3v) is 1.60. The van der Waals surface area contributed by atoms with Crippen molar-refractivity contribution in [2.45, 2.75) is 6.04 Å². The molecule has 0 saturated heterocycles. The highest BCUT2D eigenvalue weighted by molar-refractivity contribution is 5.57. The van der Waals surface area contributed by atoms with Crippen molar-refractivity contribution in [1.82, 2.24) is 15.3 Å². The van der Waals surface area contributed by atoms with E-state index in [0.29, 0.717) is 0 Å². The number of aromatic nitrogens is 2. The van der Waals surface area contributed by atoms with E-state index in [1.165, 1.54) is 0 Å². The number of nitrogens with one attached hydrogen (secondary N) is 1. The molecule has 2 heterocycles. The SMILES string of the molecule is C1=NCC(c2cnccn2)N1. The van der Waals surface area contributed by atoms with Crippen LogP contribution >= 0.6 is 0 Å². The second-order valence-electron chi connectivity index (χ2n) is 2.34. The number of aliphatic imine (C=N–C) groups is 1. The number of nitrogens with zero attached hydrogens (tertiary/aromatic N) is 3. The molecule has 1 aliphatic rings. The Kier molecular flexibility index (Phi) is 1.51. The summed E-state index contributed by atoms with van der Waals surface area (Å²) in [5, 5.41) is 3.08. The minimum absolute atomic E-state index is 0.226. The Morgan fingerprint density at radius 2 is 2.45 bits per heavy atom. The lowest BCUT2D eigenvalue weighted by molar-refractivity contribution is 0.683. The lowest BCUT2D eigenvalue weighted by atomic mass is 10.2. The molecule has 0 saturated carbocycles. The van der Waals surface area contributed by atoms with Gasteiger partial charge in [0.1, 0.15) is 0 Å². The molecular formula is C7H8N4. The zero-order valence-electron chi connectivity index (χ0n) is 5.94. The first-order chi connectivity index (χ1) is 5.47. The van der Waals surface area contributed by atoms with E-state index >= 15 is 0 Å². The molecule has 11 heavy (non-hydrogen) atoms. The monoisotopic (exact) mass is 148 g/mol. The van der Waals surface area contributed by atoms with Crippen LogP contribution in [-0.2, 0) is 0 Å². The number of hydrogen-bond donors (Lipinski definition) is 1. The molecular weight excluding hydrogens is 140 g/mol. The topological polar surface area (TPSA) is 50.2 Å². The van der Waals surface area contributed by atoms with Crippen LogP contribution in [0.5, 0.6) is 0 Å². The molecule has 1 N–H and O–H groups in total. The van der Waals surface area contributed by atoms with Crippen molar-refractivity contribution in [3.05, 3.63) is 24.3 Å². The van der Waals surface area contributed by atoms with Gasteiger partial charge in [-0.2, -0.15) is 0 Å². The predicted molar refractivity (Wildman–Crippen MR) is 41.3 cm³/mol. The predicted octanol–water partition coefficient (Wildman–Crippen LogP) is 0.149. The molecule has 4 nitrogen and oxygen atoms in total. The third kappa shape index (κ3) is 1.19. The van der Waals surface area contributed by atoms with Crippen molar-refractivity contribution in [3.8, 4) is 0 Å². The average Bonchev–Trinajstić information content (AvgIpc) is 2.58. The van der Waals surface area contributed by atoms with Gasteiger partial charge in [-0.05, 0) is 0 Å². The molecule has 1 unspecified atom stereocenters. The standard InChI is InChI=1S/C7H8N4/c1-2-10-6(3-8-1)7-4-9-5-11-7/h1-3,5,7H,4H2,(H,9,11). The molecule has 0 aliphatic carbocycles. The second kappa shape index (κ2) is 2.65. The van der Waals surface area contributed by atoms with Crippen molar-refractivity contribution < 1.29 is 0 Å². The molecule has 1 aliphatic heterocycles. The summed E-state index contributed by atoms with van der Waals surface area (Å²) in [6.07, 6.45) is 6.82. The maximum absolute atomic E-state index is 4.16. The minimum atomic E-state index is 0.226. The van der Waals surface area contributed by atoms with E-state index in [-0.39, 0.29) is 6.04 Å². The van der Waals surface area contributed by atoms with Crippen LogP contribution < -0.4 is 5.32 Å². The van der Waals surface area contributed by atoms with E-state index in [1.807, 2.05) is 0 Å². The lowest BCUT2D eigenvalue weighted by Gasteiger charge is -2.06. The average molecular weight is 148 g/mol. The van der Waals surface area contributed by atoms with Gasteiger partial charge in [0.05, 0.1) is 30.8 Å². The van der Waals surface area contributed by atoms with Crippen molar-refractivity contribution in [2.24, 2.45) is 4.99 Å². The Morgan fingerprint density at radius 3 is 3.09 bits per heavy atom. The van der Waals surface area contributed by atoms with Crippen molar-refractivity contribution in [1.29, 1.82) is 0 Å². The van der Waals surface area contributed by atoms with Gasteiger partial charge in [-0.15, -0.1) is 0 Å². The minimum Gasteiger partial charge on any atom is -0.366 e. The van der Waals surface area contributed by atoms with Gasteiger partial charge < -0.3 is 5.32 Å². The van der Waals surface area contributed by atoms with Gasteiger partial charge in [0.15, 0.2) is 0 Å². The quantitative estimate of drug-likeness (QED) is 0.616. The zero-order chi connectivity index (χ0) is 7.52. The molecule has 0 bridgehead atoms. The molecule has 1 aromatic heterocycles. The van der Waals surface area contributed by atoms with Crippen molar-refractivity contribution in [2.75, 3.05) is 6.54 Å². The van der Waals surface area contributed by atoms with E-state index in [9.17, 15) is 0 Å². The summed E-state index contributed by atoms with van der Waals surface area (Å²) in [6.45, 7) is 0.763. The molecule has 4 heteroatoms. The highest BCUT2D eigenvalue weighted by Gasteiger charge is 2.13. The zero-order valence-corrected chi connectivity index (χ0v) is 5.94. The fourth-order valence-electron chi connectivity index (χ4n) is 1.02. The first-order valence-electron chi connectivity index (χ1n) is 3.47. The van der Waals surface area contributed by atoms with Gasteiger partial charge in [-0.25, -0.2) is 0 Å². The summed E-state index contributed by atoms with van der Waals surface area (Å²) in [5.74, 6) is 0. The van der Waals surface area contributed by atoms with Gasteiger partial charge >= 0.3 is 0 Å². The Balaban J connectivity index is 2.17. The largest absolute Gasteiger partial charge is 0.366 e. The highest BCUT2D eigenvalue weighted by atomic mass is 15.1. The molecule has 0 radical (unpaired) electrons. The summed E-state index contributed by atoms with van der Waals surface area (Å²) < 4.78 is 0. The van der Waals surface area contributed by atoms with Crippen LogP contribution in [0.3, 0.4) is 0 Å². The molecule has 56 valence electrons. The maximum Gasteiger partial charge on any atom is 0.0904 e. The summed E-state index contributed by atoms with van der Waals surface area (Å²) in [4.78, 5) is 12.2. The van der Waals surface area contributed by atoms with Gasteiger partial charge in [-0.1, -0.05) is 0 Å². The van der Waals surface area contributed by atoms with Gasteiger partial charge in [0.25, 0.3) is 0 Å². The van der Waals surface area contributed by atoms with Crippen molar-refractivity contribution >= 4 is 6.34 Å². The smallest absolute Gasteiger partial charge is 0.0904 e. The van der Waals surface area contributed by atoms with E-state index in [2.05, 4.69) is 20.3 Å². The first-order valence-corrected chi connectivity index (χ1v) is 3.47. The molecule has 0 fully saturated rings. The van der Waals surface area contributed by atoms with Crippen LogP contribution in [0.1, 0.15) is 11.7 Å². The van der Waals surface area contributed by atoms with E-state index in [1.54, 1.807) is 24.9 Å². The molecule has 0 spiro atoms.